The molecule has 0 spiro atoms. The van der Waals surface area contributed by atoms with E-state index in [9.17, 15) is 5.11 Å². The second-order valence-corrected chi connectivity index (χ2v) is 4.54. The lowest BCUT2D eigenvalue weighted by Gasteiger charge is -2.14. The van der Waals surface area contributed by atoms with E-state index in [1.54, 1.807) is 0 Å². The van der Waals surface area contributed by atoms with Crippen molar-refractivity contribution in [2.75, 3.05) is 6.61 Å². The minimum Gasteiger partial charge on any atom is -0.493 e. The first-order chi connectivity index (χ1) is 7.81. The van der Waals surface area contributed by atoms with E-state index in [2.05, 4.69) is 0 Å². The molecule has 2 heteroatoms. The van der Waals surface area contributed by atoms with Crippen LogP contribution in [0.15, 0.2) is 24.3 Å². The molecule has 1 N–H and O–H groups in total. The van der Waals surface area contributed by atoms with Gasteiger partial charge in [0.25, 0.3) is 0 Å². The molecular weight excluding hydrogens is 200 g/mol. The molecule has 1 unspecified atom stereocenters. The zero-order chi connectivity index (χ0) is 11.4. The van der Waals surface area contributed by atoms with Gasteiger partial charge in [0.05, 0.1) is 12.7 Å². The van der Waals surface area contributed by atoms with Gasteiger partial charge < -0.3 is 9.84 Å². The van der Waals surface area contributed by atoms with Crippen molar-refractivity contribution in [1.29, 1.82) is 0 Å². The molecule has 1 aromatic rings. The number of aliphatic hydroxyl groups excluding tert-OH is 1. The van der Waals surface area contributed by atoms with Gasteiger partial charge in [0.1, 0.15) is 5.75 Å². The van der Waals surface area contributed by atoms with Gasteiger partial charge in [-0.25, -0.2) is 0 Å². The fraction of sp³-hybridized carbons (Fsp3) is 0.571. The van der Waals surface area contributed by atoms with Crippen LogP contribution in [0.25, 0.3) is 0 Å². The Balaban J connectivity index is 1.94. The van der Waals surface area contributed by atoms with Crippen LogP contribution in [0.1, 0.15) is 44.3 Å². The molecule has 0 radical (unpaired) electrons. The standard InChI is InChI=1S/C14H20O2/c1-2-13(15)12-5-3-4-6-14(12)16-10-9-11-7-8-11/h3-6,11,13,15H,2,7-10H2,1H3. The number of para-hydroxylation sites is 1. The van der Waals surface area contributed by atoms with Gasteiger partial charge in [-0.15, -0.1) is 0 Å². The summed E-state index contributed by atoms with van der Waals surface area (Å²) >= 11 is 0. The first-order valence-electron chi connectivity index (χ1n) is 6.21. The predicted octanol–water partition coefficient (Wildman–Crippen LogP) is 3.31. The average Bonchev–Trinajstić information content (AvgIpc) is 3.13. The van der Waals surface area contributed by atoms with E-state index in [0.29, 0.717) is 0 Å². The average molecular weight is 220 g/mol. The highest BCUT2D eigenvalue weighted by Gasteiger charge is 2.21. The quantitative estimate of drug-likeness (QED) is 0.797. The molecule has 1 atom stereocenters. The summed E-state index contributed by atoms with van der Waals surface area (Å²) in [4.78, 5) is 0. The molecule has 16 heavy (non-hydrogen) atoms. The van der Waals surface area contributed by atoms with Crippen LogP contribution in [-0.4, -0.2) is 11.7 Å². The lowest BCUT2D eigenvalue weighted by molar-refractivity contribution is 0.166. The van der Waals surface area contributed by atoms with E-state index >= 15 is 0 Å². The van der Waals surface area contributed by atoms with Crippen molar-refractivity contribution in [2.45, 2.75) is 38.7 Å². The minimum atomic E-state index is -0.405. The summed E-state index contributed by atoms with van der Waals surface area (Å²) in [6, 6.07) is 7.79. The first kappa shape index (κ1) is 11.5. The minimum absolute atomic E-state index is 0.405. The molecule has 1 fully saturated rings. The molecule has 0 aromatic heterocycles. The molecule has 1 aliphatic rings. The number of aliphatic hydroxyl groups is 1. The summed E-state index contributed by atoms with van der Waals surface area (Å²) in [6.07, 6.45) is 4.20. The Morgan fingerprint density at radius 3 is 2.81 bits per heavy atom. The van der Waals surface area contributed by atoms with E-state index in [1.165, 1.54) is 12.8 Å². The zero-order valence-corrected chi connectivity index (χ0v) is 9.86. The highest BCUT2D eigenvalue weighted by molar-refractivity contribution is 5.34. The summed E-state index contributed by atoms with van der Waals surface area (Å²) in [5.74, 6) is 1.74. The van der Waals surface area contributed by atoms with Crippen LogP contribution < -0.4 is 4.74 Å². The topological polar surface area (TPSA) is 29.5 Å². The number of benzene rings is 1. The van der Waals surface area contributed by atoms with Gasteiger partial charge in [0, 0.05) is 5.56 Å². The molecule has 0 aliphatic heterocycles. The monoisotopic (exact) mass is 220 g/mol. The molecule has 1 aromatic carbocycles. The Morgan fingerprint density at radius 1 is 1.38 bits per heavy atom. The lowest BCUT2D eigenvalue weighted by atomic mass is 10.1. The van der Waals surface area contributed by atoms with Crippen LogP contribution in [0.4, 0.5) is 0 Å². The lowest BCUT2D eigenvalue weighted by Crippen LogP contribution is -2.03. The van der Waals surface area contributed by atoms with Gasteiger partial charge in [0.2, 0.25) is 0 Å². The summed E-state index contributed by atoms with van der Waals surface area (Å²) < 4.78 is 5.75. The van der Waals surface area contributed by atoms with Crippen LogP contribution in [0.5, 0.6) is 5.75 Å². The Hall–Kier alpha value is -1.02. The van der Waals surface area contributed by atoms with Crippen molar-refractivity contribution in [2.24, 2.45) is 5.92 Å². The van der Waals surface area contributed by atoms with E-state index in [4.69, 9.17) is 4.74 Å². The van der Waals surface area contributed by atoms with Crippen molar-refractivity contribution >= 4 is 0 Å². The summed E-state index contributed by atoms with van der Waals surface area (Å²) in [7, 11) is 0. The number of hydrogen-bond donors (Lipinski definition) is 1. The second kappa shape index (κ2) is 5.35. The van der Waals surface area contributed by atoms with Gasteiger partial charge in [-0.05, 0) is 24.8 Å². The number of hydrogen-bond acceptors (Lipinski definition) is 2. The second-order valence-electron chi connectivity index (χ2n) is 4.54. The van der Waals surface area contributed by atoms with Gasteiger partial charge in [-0.2, -0.15) is 0 Å². The maximum Gasteiger partial charge on any atom is 0.125 e. The van der Waals surface area contributed by atoms with Crippen molar-refractivity contribution in [3.63, 3.8) is 0 Å². The molecule has 2 rings (SSSR count). The fourth-order valence-electron chi connectivity index (χ4n) is 1.85. The smallest absolute Gasteiger partial charge is 0.125 e. The molecule has 0 bridgehead atoms. The third-order valence-electron chi connectivity index (χ3n) is 3.15. The van der Waals surface area contributed by atoms with Gasteiger partial charge >= 0.3 is 0 Å². The van der Waals surface area contributed by atoms with Crippen molar-refractivity contribution in [3.8, 4) is 5.75 Å². The highest BCUT2D eigenvalue weighted by Crippen LogP contribution is 2.33. The molecule has 2 nitrogen and oxygen atoms in total. The normalized spacial score (nSPS) is 17.1. The molecule has 1 aliphatic carbocycles. The van der Waals surface area contributed by atoms with Crippen LogP contribution >= 0.6 is 0 Å². The van der Waals surface area contributed by atoms with Crippen LogP contribution in [-0.2, 0) is 0 Å². The van der Waals surface area contributed by atoms with Crippen LogP contribution in [0.3, 0.4) is 0 Å². The third kappa shape index (κ3) is 2.99. The summed E-state index contributed by atoms with van der Waals surface area (Å²) in [5, 5.41) is 9.85. The maximum absolute atomic E-state index is 9.85. The van der Waals surface area contributed by atoms with E-state index in [-0.39, 0.29) is 0 Å². The fourth-order valence-corrected chi connectivity index (χ4v) is 1.85. The molecule has 1 saturated carbocycles. The Bertz CT molecular complexity index is 331. The van der Waals surface area contributed by atoms with E-state index in [1.807, 2.05) is 31.2 Å². The van der Waals surface area contributed by atoms with Gasteiger partial charge in [0.15, 0.2) is 0 Å². The number of ether oxygens (including phenoxy) is 1. The SMILES string of the molecule is CCC(O)c1ccccc1OCCC1CC1. The molecular formula is C14H20O2. The van der Waals surface area contributed by atoms with E-state index in [0.717, 1.165) is 36.7 Å². The summed E-state index contributed by atoms with van der Waals surface area (Å²) in [5.41, 5.74) is 0.917. The van der Waals surface area contributed by atoms with E-state index < -0.39 is 6.10 Å². The highest BCUT2D eigenvalue weighted by atomic mass is 16.5. The van der Waals surface area contributed by atoms with Crippen LogP contribution in [0, 0.1) is 5.92 Å². The Labute approximate surface area is 97.3 Å². The first-order valence-corrected chi connectivity index (χ1v) is 6.21. The van der Waals surface area contributed by atoms with Crippen molar-refractivity contribution < 1.29 is 9.84 Å². The molecule has 0 heterocycles. The van der Waals surface area contributed by atoms with Crippen LogP contribution in [0.2, 0.25) is 0 Å². The third-order valence-corrected chi connectivity index (χ3v) is 3.15. The number of rotatable bonds is 6. The zero-order valence-electron chi connectivity index (χ0n) is 9.86. The van der Waals surface area contributed by atoms with Gasteiger partial charge in [-0.1, -0.05) is 38.0 Å². The molecule has 0 amide bonds. The summed E-state index contributed by atoms with van der Waals surface area (Å²) in [6.45, 7) is 2.75. The van der Waals surface area contributed by atoms with Crippen molar-refractivity contribution in [1.82, 2.24) is 0 Å². The molecule has 88 valence electrons. The van der Waals surface area contributed by atoms with Gasteiger partial charge in [-0.3, -0.25) is 0 Å². The van der Waals surface area contributed by atoms with Crippen molar-refractivity contribution in [3.05, 3.63) is 29.8 Å². The molecule has 0 saturated heterocycles. The maximum atomic E-state index is 9.85. The Morgan fingerprint density at radius 2 is 2.12 bits per heavy atom. The predicted molar refractivity (Wildman–Crippen MR) is 64.5 cm³/mol. The Kier molecular flexibility index (Phi) is 3.83. The largest absolute Gasteiger partial charge is 0.493 e.